The fraction of sp³-hybridized carbons (Fsp3) is 0.381. The molecule has 5 heteroatoms. The van der Waals surface area contributed by atoms with Crippen molar-refractivity contribution in [3.05, 3.63) is 65.2 Å². The SMILES string of the molecule is COCc1cccc(CNC(=O)NCc2ccc(N3CCCC3)cc2)c1. The highest BCUT2D eigenvalue weighted by Crippen LogP contribution is 2.20. The number of nitrogens with one attached hydrogen (secondary N) is 2. The summed E-state index contributed by atoms with van der Waals surface area (Å²) >= 11 is 0. The van der Waals surface area contributed by atoms with Gasteiger partial charge in [0.1, 0.15) is 0 Å². The number of nitrogens with zero attached hydrogens (tertiary/aromatic N) is 1. The van der Waals surface area contributed by atoms with E-state index in [-0.39, 0.29) is 6.03 Å². The second-order valence-electron chi connectivity index (χ2n) is 6.65. The van der Waals surface area contributed by atoms with Crippen molar-refractivity contribution >= 4 is 11.7 Å². The predicted octanol–water partition coefficient (Wildman–Crippen LogP) is 3.43. The molecule has 0 radical (unpaired) electrons. The van der Waals surface area contributed by atoms with Crippen molar-refractivity contribution in [3.8, 4) is 0 Å². The van der Waals surface area contributed by atoms with Crippen LogP contribution in [0.4, 0.5) is 10.5 Å². The summed E-state index contributed by atoms with van der Waals surface area (Å²) in [5.41, 5.74) is 4.53. The van der Waals surface area contributed by atoms with Gasteiger partial charge in [-0.2, -0.15) is 0 Å². The number of hydrogen-bond donors (Lipinski definition) is 2. The van der Waals surface area contributed by atoms with E-state index in [1.54, 1.807) is 7.11 Å². The summed E-state index contributed by atoms with van der Waals surface area (Å²) in [5, 5.41) is 5.81. The van der Waals surface area contributed by atoms with Gasteiger partial charge in [0.2, 0.25) is 0 Å². The minimum absolute atomic E-state index is 0.161. The number of amides is 2. The maximum absolute atomic E-state index is 12.0. The average molecular weight is 353 g/mol. The topological polar surface area (TPSA) is 53.6 Å². The first-order valence-corrected chi connectivity index (χ1v) is 9.17. The van der Waals surface area contributed by atoms with E-state index < -0.39 is 0 Å². The van der Waals surface area contributed by atoms with Crippen LogP contribution < -0.4 is 15.5 Å². The molecule has 2 aromatic rings. The van der Waals surface area contributed by atoms with Crippen molar-refractivity contribution in [2.75, 3.05) is 25.1 Å². The third-order valence-electron chi connectivity index (χ3n) is 4.62. The van der Waals surface area contributed by atoms with Gasteiger partial charge in [0.05, 0.1) is 6.61 Å². The molecule has 3 rings (SSSR count). The van der Waals surface area contributed by atoms with Crippen LogP contribution in [0.2, 0.25) is 0 Å². The summed E-state index contributed by atoms with van der Waals surface area (Å²) in [6, 6.07) is 16.3. The van der Waals surface area contributed by atoms with Crippen molar-refractivity contribution < 1.29 is 9.53 Å². The summed E-state index contributed by atoms with van der Waals surface area (Å²) in [6.45, 7) is 3.89. The van der Waals surface area contributed by atoms with E-state index in [2.05, 4.69) is 39.8 Å². The van der Waals surface area contributed by atoms with Gasteiger partial charge in [-0.3, -0.25) is 0 Å². The molecule has 26 heavy (non-hydrogen) atoms. The van der Waals surface area contributed by atoms with Gasteiger partial charge < -0.3 is 20.3 Å². The predicted molar refractivity (Wildman–Crippen MR) is 104 cm³/mol. The molecule has 0 saturated carbocycles. The van der Waals surface area contributed by atoms with Gasteiger partial charge in [-0.05, 0) is 41.7 Å². The van der Waals surface area contributed by atoms with Gasteiger partial charge in [-0.1, -0.05) is 36.4 Å². The first-order valence-electron chi connectivity index (χ1n) is 9.17. The van der Waals surface area contributed by atoms with Gasteiger partial charge >= 0.3 is 6.03 Å². The van der Waals surface area contributed by atoms with Crippen molar-refractivity contribution in [1.82, 2.24) is 10.6 Å². The first kappa shape index (κ1) is 18.3. The molecular weight excluding hydrogens is 326 g/mol. The molecule has 2 N–H and O–H groups in total. The van der Waals surface area contributed by atoms with E-state index in [0.717, 1.165) is 29.8 Å². The molecule has 0 unspecified atom stereocenters. The van der Waals surface area contributed by atoms with Crippen LogP contribution in [0.25, 0.3) is 0 Å². The van der Waals surface area contributed by atoms with Crippen LogP contribution in [0.15, 0.2) is 48.5 Å². The summed E-state index contributed by atoms with van der Waals surface area (Å²) in [5.74, 6) is 0. The molecule has 1 heterocycles. The number of carbonyl (C=O) groups excluding carboxylic acids is 1. The molecule has 2 amide bonds. The van der Waals surface area contributed by atoms with Gasteiger partial charge in [-0.25, -0.2) is 4.79 Å². The van der Waals surface area contributed by atoms with E-state index in [0.29, 0.717) is 19.7 Å². The average Bonchev–Trinajstić information content (AvgIpc) is 3.20. The van der Waals surface area contributed by atoms with Crippen LogP contribution in [0, 0.1) is 0 Å². The third-order valence-corrected chi connectivity index (χ3v) is 4.62. The number of urea groups is 1. The fourth-order valence-corrected chi connectivity index (χ4v) is 3.22. The summed E-state index contributed by atoms with van der Waals surface area (Å²) in [6.07, 6.45) is 2.55. The van der Waals surface area contributed by atoms with Crippen molar-refractivity contribution in [2.24, 2.45) is 0 Å². The molecular formula is C21H27N3O2. The number of hydrogen-bond acceptors (Lipinski definition) is 3. The molecule has 2 aromatic carbocycles. The molecule has 1 aliphatic rings. The Kier molecular flexibility index (Phi) is 6.50. The van der Waals surface area contributed by atoms with Gasteiger partial charge in [-0.15, -0.1) is 0 Å². The highest BCUT2D eigenvalue weighted by Gasteiger charge is 2.11. The van der Waals surface area contributed by atoms with Crippen molar-refractivity contribution in [3.63, 3.8) is 0 Å². The van der Waals surface area contributed by atoms with Crippen LogP contribution in [0.1, 0.15) is 29.5 Å². The van der Waals surface area contributed by atoms with E-state index in [1.807, 2.05) is 24.3 Å². The monoisotopic (exact) mass is 353 g/mol. The standard InChI is InChI=1S/C21H27N3O2/c1-26-16-19-6-4-5-18(13-19)15-23-21(25)22-14-17-7-9-20(10-8-17)24-11-2-3-12-24/h4-10,13H,2-3,11-12,14-16H2,1H3,(H2,22,23,25). The number of rotatable bonds is 7. The number of carbonyl (C=O) groups is 1. The number of anilines is 1. The zero-order chi connectivity index (χ0) is 18.2. The summed E-state index contributed by atoms with van der Waals surface area (Å²) < 4.78 is 5.13. The van der Waals surface area contributed by atoms with Crippen LogP contribution in [-0.2, 0) is 24.4 Å². The second kappa shape index (κ2) is 9.25. The van der Waals surface area contributed by atoms with Gasteiger partial charge in [0.15, 0.2) is 0 Å². The van der Waals surface area contributed by atoms with Gasteiger partial charge in [0.25, 0.3) is 0 Å². The largest absolute Gasteiger partial charge is 0.380 e. The zero-order valence-corrected chi connectivity index (χ0v) is 15.3. The Morgan fingerprint density at radius 3 is 2.31 bits per heavy atom. The Bertz CT molecular complexity index is 709. The second-order valence-corrected chi connectivity index (χ2v) is 6.65. The molecule has 5 nitrogen and oxygen atoms in total. The highest BCUT2D eigenvalue weighted by atomic mass is 16.5. The molecule has 1 saturated heterocycles. The summed E-state index contributed by atoms with van der Waals surface area (Å²) in [4.78, 5) is 14.4. The molecule has 0 atom stereocenters. The first-order chi connectivity index (χ1) is 12.7. The number of methoxy groups -OCH3 is 1. The minimum Gasteiger partial charge on any atom is -0.380 e. The molecule has 0 aliphatic carbocycles. The Hall–Kier alpha value is -2.53. The number of benzene rings is 2. The van der Waals surface area contributed by atoms with Crippen molar-refractivity contribution in [2.45, 2.75) is 32.5 Å². The summed E-state index contributed by atoms with van der Waals surface area (Å²) in [7, 11) is 1.68. The Labute approximate surface area is 155 Å². The Balaban J connectivity index is 1.43. The quantitative estimate of drug-likeness (QED) is 0.802. The lowest BCUT2D eigenvalue weighted by atomic mass is 10.1. The Morgan fingerprint density at radius 1 is 0.962 bits per heavy atom. The molecule has 0 spiro atoms. The van der Waals surface area contributed by atoms with Crippen LogP contribution in [0.5, 0.6) is 0 Å². The smallest absolute Gasteiger partial charge is 0.315 e. The van der Waals surface area contributed by atoms with Crippen LogP contribution in [0.3, 0.4) is 0 Å². The minimum atomic E-state index is -0.161. The molecule has 0 aromatic heterocycles. The van der Waals surface area contributed by atoms with E-state index in [1.165, 1.54) is 18.5 Å². The van der Waals surface area contributed by atoms with Gasteiger partial charge in [0, 0.05) is 39.0 Å². The van der Waals surface area contributed by atoms with E-state index in [9.17, 15) is 4.79 Å². The van der Waals surface area contributed by atoms with Crippen LogP contribution >= 0.6 is 0 Å². The molecule has 138 valence electrons. The fourth-order valence-electron chi connectivity index (χ4n) is 3.22. The highest BCUT2D eigenvalue weighted by molar-refractivity contribution is 5.73. The normalized spacial score (nSPS) is 13.7. The Morgan fingerprint density at radius 2 is 1.62 bits per heavy atom. The molecule has 1 fully saturated rings. The maximum Gasteiger partial charge on any atom is 0.315 e. The molecule has 1 aliphatic heterocycles. The zero-order valence-electron chi connectivity index (χ0n) is 15.3. The van der Waals surface area contributed by atoms with E-state index >= 15 is 0 Å². The van der Waals surface area contributed by atoms with Crippen molar-refractivity contribution in [1.29, 1.82) is 0 Å². The van der Waals surface area contributed by atoms with Crippen LogP contribution in [-0.4, -0.2) is 26.2 Å². The maximum atomic E-state index is 12.0. The van der Waals surface area contributed by atoms with E-state index in [4.69, 9.17) is 4.74 Å². The number of ether oxygens (including phenoxy) is 1. The molecule has 0 bridgehead atoms. The lowest BCUT2D eigenvalue weighted by molar-refractivity contribution is 0.185. The lowest BCUT2D eigenvalue weighted by Gasteiger charge is -2.17. The lowest BCUT2D eigenvalue weighted by Crippen LogP contribution is -2.34. The third kappa shape index (κ3) is 5.23.